The van der Waals surface area contributed by atoms with Gasteiger partial charge in [-0.3, -0.25) is 4.79 Å². The molecule has 4 heterocycles. The van der Waals surface area contributed by atoms with Crippen LogP contribution in [0.1, 0.15) is 21.7 Å². The zero-order valence-corrected chi connectivity index (χ0v) is 18.9. The van der Waals surface area contributed by atoms with Crippen LogP contribution in [0, 0.1) is 0 Å². The van der Waals surface area contributed by atoms with Crippen LogP contribution in [-0.4, -0.2) is 40.6 Å². The number of nitrogens with one attached hydrogen (secondary N) is 1. The normalized spacial score (nSPS) is 11.7. The van der Waals surface area contributed by atoms with Gasteiger partial charge in [0, 0.05) is 11.9 Å². The van der Waals surface area contributed by atoms with Crippen LogP contribution in [0.25, 0.3) is 22.5 Å². The van der Waals surface area contributed by atoms with Gasteiger partial charge in [-0.05, 0) is 24.3 Å². The molecule has 0 fully saturated rings. The minimum atomic E-state index is -4.90. The Morgan fingerprint density at radius 2 is 1.89 bits per heavy atom. The number of benzene rings is 1. The smallest absolute Gasteiger partial charge is 0.325 e. The molecule has 5 rings (SSSR count). The molecule has 3 N–H and O–H groups in total. The Labute approximate surface area is 205 Å². The monoisotopic (exact) mass is 513 g/mol. The molecule has 36 heavy (non-hydrogen) atoms. The lowest BCUT2D eigenvalue weighted by Gasteiger charge is -2.13. The second kappa shape index (κ2) is 9.02. The molecule has 0 saturated heterocycles. The molecule has 0 spiro atoms. The van der Waals surface area contributed by atoms with E-state index in [1.807, 2.05) is 0 Å². The molecule has 0 radical (unpaired) electrons. The van der Waals surface area contributed by atoms with Gasteiger partial charge in [-0.1, -0.05) is 29.8 Å². The average molecular weight is 514 g/mol. The van der Waals surface area contributed by atoms with Gasteiger partial charge < -0.3 is 11.1 Å². The predicted molar refractivity (Wildman–Crippen MR) is 124 cm³/mol. The number of nitrogens with two attached hydrogens (primary N) is 1. The number of alkyl halides is 3. The lowest BCUT2D eigenvalue weighted by atomic mass is 10.2. The van der Waals surface area contributed by atoms with E-state index in [-0.39, 0.29) is 28.9 Å². The standard InChI is InChI=1S/C22H15ClF3N9O/c23-16-7-13(9-28-20(16)35-30-10-14(8-27)33-35)31-21(36)15-11-29-34(19(15)22(24,25)26)18-6-5-12-3-1-2-4-17(12)32-18/h1-7,9-11H,8,27H2,(H,31,36). The van der Waals surface area contributed by atoms with E-state index in [4.69, 9.17) is 17.3 Å². The van der Waals surface area contributed by atoms with Crippen LogP contribution in [0.5, 0.6) is 0 Å². The van der Waals surface area contributed by atoms with E-state index in [0.29, 0.717) is 15.9 Å². The molecule has 4 aromatic heterocycles. The number of halogens is 4. The van der Waals surface area contributed by atoms with Gasteiger partial charge in [-0.25, -0.2) is 14.6 Å². The van der Waals surface area contributed by atoms with Crippen molar-refractivity contribution in [2.24, 2.45) is 5.73 Å². The first-order valence-corrected chi connectivity index (χ1v) is 10.7. The number of hydrogen-bond donors (Lipinski definition) is 2. The van der Waals surface area contributed by atoms with Crippen LogP contribution in [0.2, 0.25) is 5.02 Å². The fourth-order valence-electron chi connectivity index (χ4n) is 3.47. The molecular weight excluding hydrogens is 499 g/mol. The van der Waals surface area contributed by atoms with Crippen LogP contribution in [0.4, 0.5) is 18.9 Å². The van der Waals surface area contributed by atoms with Gasteiger partial charge in [0.2, 0.25) is 0 Å². The molecule has 0 aliphatic rings. The van der Waals surface area contributed by atoms with E-state index in [2.05, 4.69) is 30.6 Å². The molecule has 10 nitrogen and oxygen atoms in total. The maximum atomic E-state index is 14.0. The number of rotatable bonds is 5. The minimum Gasteiger partial charge on any atom is -0.325 e. The summed E-state index contributed by atoms with van der Waals surface area (Å²) in [6.45, 7) is 0.162. The number of amides is 1. The van der Waals surface area contributed by atoms with Gasteiger partial charge in [0.1, 0.15) is 0 Å². The average Bonchev–Trinajstić information content (AvgIpc) is 3.51. The predicted octanol–water partition coefficient (Wildman–Crippen LogP) is 3.78. The van der Waals surface area contributed by atoms with E-state index in [9.17, 15) is 18.0 Å². The largest absolute Gasteiger partial charge is 0.434 e. The van der Waals surface area contributed by atoms with E-state index in [1.54, 1.807) is 30.3 Å². The molecule has 0 aliphatic heterocycles. The first-order chi connectivity index (χ1) is 17.2. The second-order valence-electron chi connectivity index (χ2n) is 7.49. The summed E-state index contributed by atoms with van der Waals surface area (Å²) in [4.78, 5) is 22.3. The summed E-state index contributed by atoms with van der Waals surface area (Å²) in [5.74, 6) is -0.985. The maximum absolute atomic E-state index is 14.0. The summed E-state index contributed by atoms with van der Waals surface area (Å²) < 4.78 is 42.7. The number of nitrogens with zero attached hydrogens (tertiary/aromatic N) is 7. The minimum absolute atomic E-state index is 0.0547. The molecule has 0 saturated carbocycles. The third kappa shape index (κ3) is 4.36. The Morgan fingerprint density at radius 3 is 2.61 bits per heavy atom. The highest BCUT2D eigenvalue weighted by Gasteiger charge is 2.41. The summed E-state index contributed by atoms with van der Waals surface area (Å²) in [7, 11) is 0. The van der Waals surface area contributed by atoms with Crippen LogP contribution in [0.3, 0.4) is 0 Å². The highest BCUT2D eigenvalue weighted by molar-refractivity contribution is 6.32. The molecule has 5 aromatic rings. The Hall–Kier alpha value is -4.36. The summed E-state index contributed by atoms with van der Waals surface area (Å²) in [6, 6.07) is 11.3. The molecule has 14 heteroatoms. The number of hydrogen-bond acceptors (Lipinski definition) is 7. The van der Waals surface area contributed by atoms with E-state index >= 15 is 0 Å². The van der Waals surface area contributed by atoms with Crippen molar-refractivity contribution in [1.82, 2.24) is 34.7 Å². The zero-order valence-electron chi connectivity index (χ0n) is 18.1. The Balaban J connectivity index is 1.46. The fourth-order valence-corrected chi connectivity index (χ4v) is 3.71. The van der Waals surface area contributed by atoms with E-state index in [0.717, 1.165) is 16.4 Å². The number of anilines is 1. The van der Waals surface area contributed by atoms with Gasteiger partial charge in [0.05, 0.1) is 46.1 Å². The summed E-state index contributed by atoms with van der Waals surface area (Å²) in [5.41, 5.74) is 4.59. The topological polar surface area (TPSA) is 129 Å². The highest BCUT2D eigenvalue weighted by Crippen LogP contribution is 2.34. The highest BCUT2D eigenvalue weighted by atomic mass is 35.5. The van der Waals surface area contributed by atoms with Gasteiger partial charge in [-0.2, -0.15) is 28.5 Å². The lowest BCUT2D eigenvalue weighted by Crippen LogP contribution is -2.21. The van der Waals surface area contributed by atoms with Crippen LogP contribution >= 0.6 is 11.6 Å². The quantitative estimate of drug-likeness (QED) is 0.366. The first kappa shape index (κ1) is 23.4. The number of carbonyl (C=O) groups excluding carboxylic acids is 1. The molecular formula is C22H15ClF3N9O. The van der Waals surface area contributed by atoms with Crippen molar-refractivity contribution < 1.29 is 18.0 Å². The fraction of sp³-hybridized carbons (Fsp3) is 0.0909. The van der Waals surface area contributed by atoms with E-state index < -0.39 is 23.3 Å². The van der Waals surface area contributed by atoms with Crippen molar-refractivity contribution in [3.05, 3.63) is 83.0 Å². The zero-order chi connectivity index (χ0) is 25.4. The third-order valence-corrected chi connectivity index (χ3v) is 5.38. The number of fused-ring (bicyclic) bond motifs is 1. The maximum Gasteiger partial charge on any atom is 0.434 e. The molecule has 1 aromatic carbocycles. The van der Waals surface area contributed by atoms with Crippen LogP contribution in [0.15, 0.2) is 61.1 Å². The van der Waals surface area contributed by atoms with Gasteiger partial charge in [-0.15, -0.1) is 4.80 Å². The number of para-hydroxylation sites is 1. The van der Waals surface area contributed by atoms with E-state index in [1.165, 1.54) is 24.5 Å². The molecule has 0 unspecified atom stereocenters. The third-order valence-electron chi connectivity index (χ3n) is 5.10. The molecule has 182 valence electrons. The van der Waals surface area contributed by atoms with Crippen molar-refractivity contribution in [2.45, 2.75) is 12.7 Å². The molecule has 1 amide bonds. The lowest BCUT2D eigenvalue weighted by molar-refractivity contribution is -0.143. The van der Waals surface area contributed by atoms with Crippen molar-refractivity contribution in [3.8, 4) is 11.6 Å². The molecule has 0 aliphatic carbocycles. The molecule has 0 atom stereocenters. The van der Waals surface area contributed by atoms with Crippen molar-refractivity contribution in [3.63, 3.8) is 0 Å². The Morgan fingerprint density at radius 1 is 1.08 bits per heavy atom. The van der Waals surface area contributed by atoms with Crippen molar-refractivity contribution in [1.29, 1.82) is 0 Å². The van der Waals surface area contributed by atoms with Crippen LogP contribution in [-0.2, 0) is 12.7 Å². The number of aromatic nitrogens is 7. The SMILES string of the molecule is NCc1cnn(-c2ncc(NC(=O)c3cnn(-c4ccc5ccccc5n4)c3C(F)(F)F)cc2Cl)n1. The summed E-state index contributed by atoms with van der Waals surface area (Å²) >= 11 is 6.23. The Kier molecular flexibility index (Phi) is 5.86. The molecule has 0 bridgehead atoms. The number of pyridine rings is 2. The van der Waals surface area contributed by atoms with Crippen molar-refractivity contribution in [2.75, 3.05) is 5.32 Å². The van der Waals surface area contributed by atoms with Gasteiger partial charge in [0.15, 0.2) is 17.3 Å². The van der Waals surface area contributed by atoms with Gasteiger partial charge in [0.25, 0.3) is 5.91 Å². The number of carbonyl (C=O) groups is 1. The van der Waals surface area contributed by atoms with Gasteiger partial charge >= 0.3 is 6.18 Å². The second-order valence-corrected chi connectivity index (χ2v) is 7.90. The summed E-state index contributed by atoms with van der Waals surface area (Å²) in [5, 5.41) is 15.1. The van der Waals surface area contributed by atoms with Crippen molar-refractivity contribution >= 4 is 34.1 Å². The summed E-state index contributed by atoms with van der Waals surface area (Å²) in [6.07, 6.45) is -1.41. The van der Waals surface area contributed by atoms with Crippen LogP contribution < -0.4 is 11.1 Å². The Bertz CT molecular complexity index is 1600. The first-order valence-electron chi connectivity index (χ1n) is 10.3.